The lowest BCUT2D eigenvalue weighted by atomic mass is 9.79. The SMILES string of the molecule is CO[C@]12CC[C@H](O)C[C@H]1N(C(=O)/C=C/c1ccccc1)CC2. The van der Waals surface area contributed by atoms with Gasteiger partial charge in [-0.3, -0.25) is 4.79 Å². The van der Waals surface area contributed by atoms with E-state index >= 15 is 0 Å². The minimum absolute atomic E-state index is 0.00174. The van der Waals surface area contributed by atoms with Crippen molar-refractivity contribution in [2.45, 2.75) is 43.4 Å². The summed E-state index contributed by atoms with van der Waals surface area (Å²) in [6.07, 6.45) is 6.18. The second kappa shape index (κ2) is 6.23. The Morgan fingerprint density at radius 2 is 2.14 bits per heavy atom. The molecule has 1 heterocycles. The van der Waals surface area contributed by atoms with E-state index in [9.17, 15) is 9.90 Å². The van der Waals surface area contributed by atoms with Gasteiger partial charge in [-0.2, -0.15) is 0 Å². The van der Waals surface area contributed by atoms with Crippen LogP contribution in [0.15, 0.2) is 36.4 Å². The number of aliphatic hydroxyl groups is 1. The Balaban J connectivity index is 1.74. The fourth-order valence-electron chi connectivity index (χ4n) is 3.77. The molecule has 3 rings (SSSR count). The van der Waals surface area contributed by atoms with Gasteiger partial charge in [-0.15, -0.1) is 0 Å². The van der Waals surface area contributed by atoms with Gasteiger partial charge in [-0.1, -0.05) is 30.3 Å². The zero-order valence-corrected chi connectivity index (χ0v) is 12.9. The van der Waals surface area contributed by atoms with Gasteiger partial charge in [0.15, 0.2) is 0 Å². The van der Waals surface area contributed by atoms with E-state index in [1.165, 1.54) is 0 Å². The molecule has 1 aliphatic carbocycles. The van der Waals surface area contributed by atoms with E-state index in [2.05, 4.69) is 0 Å². The third-order valence-electron chi connectivity index (χ3n) is 5.06. The molecular weight excluding hydrogens is 278 g/mol. The van der Waals surface area contributed by atoms with Crippen LogP contribution in [0.25, 0.3) is 6.08 Å². The molecule has 3 atom stereocenters. The molecule has 0 bridgehead atoms. The second-order valence-corrected chi connectivity index (χ2v) is 6.24. The van der Waals surface area contributed by atoms with Gasteiger partial charge in [0.25, 0.3) is 0 Å². The molecule has 1 aromatic carbocycles. The van der Waals surface area contributed by atoms with E-state index in [0.717, 1.165) is 24.8 Å². The number of likely N-dealkylation sites (tertiary alicyclic amines) is 1. The average molecular weight is 301 g/mol. The summed E-state index contributed by atoms with van der Waals surface area (Å²) < 4.78 is 5.77. The molecule has 1 amide bonds. The van der Waals surface area contributed by atoms with Crippen LogP contribution < -0.4 is 0 Å². The van der Waals surface area contributed by atoms with Crippen LogP contribution >= 0.6 is 0 Å². The summed E-state index contributed by atoms with van der Waals surface area (Å²) >= 11 is 0. The Morgan fingerprint density at radius 1 is 1.36 bits per heavy atom. The average Bonchev–Trinajstić information content (AvgIpc) is 2.93. The van der Waals surface area contributed by atoms with Gasteiger partial charge in [0.05, 0.1) is 17.7 Å². The zero-order valence-electron chi connectivity index (χ0n) is 12.9. The molecule has 0 spiro atoms. The van der Waals surface area contributed by atoms with Gasteiger partial charge < -0.3 is 14.7 Å². The lowest BCUT2D eigenvalue weighted by Crippen LogP contribution is -2.52. The molecule has 0 aromatic heterocycles. The fraction of sp³-hybridized carbons (Fsp3) is 0.500. The molecule has 4 heteroatoms. The highest BCUT2D eigenvalue weighted by Gasteiger charge is 2.51. The van der Waals surface area contributed by atoms with Crippen LogP contribution in [-0.4, -0.2) is 47.3 Å². The maximum absolute atomic E-state index is 12.5. The minimum atomic E-state index is -0.334. The fourth-order valence-corrected chi connectivity index (χ4v) is 3.77. The molecule has 0 radical (unpaired) electrons. The summed E-state index contributed by atoms with van der Waals surface area (Å²) in [5.41, 5.74) is 0.742. The number of methoxy groups -OCH3 is 1. The summed E-state index contributed by atoms with van der Waals surface area (Å²) in [5, 5.41) is 9.96. The number of hydrogen-bond acceptors (Lipinski definition) is 3. The second-order valence-electron chi connectivity index (χ2n) is 6.24. The normalized spacial score (nSPS) is 31.5. The Kier molecular flexibility index (Phi) is 4.32. The van der Waals surface area contributed by atoms with Crippen LogP contribution in [0.3, 0.4) is 0 Å². The third kappa shape index (κ3) is 2.81. The lowest BCUT2D eigenvalue weighted by Gasteiger charge is -2.42. The van der Waals surface area contributed by atoms with E-state index in [0.29, 0.717) is 13.0 Å². The van der Waals surface area contributed by atoms with Crippen molar-refractivity contribution >= 4 is 12.0 Å². The highest BCUT2D eigenvalue weighted by molar-refractivity contribution is 5.92. The Morgan fingerprint density at radius 3 is 2.86 bits per heavy atom. The standard InChI is InChI=1S/C18H23NO3/c1-22-18-10-9-15(20)13-16(18)19(12-11-18)17(21)8-7-14-5-3-2-4-6-14/h2-8,15-16,20H,9-13H2,1H3/b8-7+/t15-,16+,18-/m0/s1. The smallest absolute Gasteiger partial charge is 0.246 e. The molecule has 1 N–H and O–H groups in total. The third-order valence-corrected chi connectivity index (χ3v) is 5.06. The molecule has 0 unspecified atom stereocenters. The van der Waals surface area contributed by atoms with Crippen molar-refractivity contribution in [3.05, 3.63) is 42.0 Å². The highest BCUT2D eigenvalue weighted by Crippen LogP contribution is 2.42. The summed E-state index contributed by atoms with van der Waals surface area (Å²) in [7, 11) is 1.72. The first kappa shape index (κ1) is 15.3. The molecule has 2 fully saturated rings. The number of benzene rings is 1. The van der Waals surface area contributed by atoms with Crippen LogP contribution in [0.1, 0.15) is 31.2 Å². The topological polar surface area (TPSA) is 49.8 Å². The Bertz CT molecular complexity index is 557. The van der Waals surface area contributed by atoms with Crippen molar-refractivity contribution in [2.24, 2.45) is 0 Å². The molecule has 2 aliphatic rings. The predicted octanol–water partition coefficient (Wildman–Crippen LogP) is 2.23. The monoisotopic (exact) mass is 301 g/mol. The van der Waals surface area contributed by atoms with E-state index in [1.807, 2.05) is 41.3 Å². The van der Waals surface area contributed by atoms with Crippen molar-refractivity contribution in [2.75, 3.05) is 13.7 Å². The van der Waals surface area contributed by atoms with Gasteiger partial charge in [-0.05, 0) is 37.3 Å². The van der Waals surface area contributed by atoms with Gasteiger partial charge in [-0.25, -0.2) is 0 Å². The molecule has 1 saturated heterocycles. The van der Waals surface area contributed by atoms with Crippen LogP contribution in [-0.2, 0) is 9.53 Å². The van der Waals surface area contributed by atoms with Crippen LogP contribution in [0.4, 0.5) is 0 Å². The molecule has 118 valence electrons. The quantitative estimate of drug-likeness (QED) is 0.871. The van der Waals surface area contributed by atoms with E-state index in [-0.39, 0.29) is 23.7 Å². The number of amides is 1. The number of carbonyl (C=O) groups excluding carboxylic acids is 1. The van der Waals surface area contributed by atoms with Crippen molar-refractivity contribution in [1.29, 1.82) is 0 Å². The first-order valence-electron chi connectivity index (χ1n) is 7.91. The number of carbonyl (C=O) groups is 1. The summed E-state index contributed by atoms with van der Waals surface area (Å²) in [6.45, 7) is 0.698. The van der Waals surface area contributed by atoms with E-state index in [4.69, 9.17) is 4.74 Å². The van der Waals surface area contributed by atoms with E-state index in [1.54, 1.807) is 13.2 Å². The summed E-state index contributed by atoms with van der Waals surface area (Å²) in [6, 6.07) is 9.78. The maximum Gasteiger partial charge on any atom is 0.246 e. The molecular formula is C18H23NO3. The van der Waals surface area contributed by atoms with Gasteiger partial charge in [0.2, 0.25) is 5.91 Å². The summed E-state index contributed by atoms with van der Waals surface area (Å²) in [4.78, 5) is 14.4. The van der Waals surface area contributed by atoms with Crippen molar-refractivity contribution < 1.29 is 14.6 Å². The Labute approximate surface area is 131 Å². The molecule has 1 saturated carbocycles. The number of nitrogens with zero attached hydrogens (tertiary/aromatic N) is 1. The van der Waals surface area contributed by atoms with E-state index < -0.39 is 0 Å². The number of ether oxygens (including phenoxy) is 1. The van der Waals surface area contributed by atoms with Crippen LogP contribution in [0.5, 0.6) is 0 Å². The maximum atomic E-state index is 12.5. The summed E-state index contributed by atoms with van der Waals surface area (Å²) in [5.74, 6) is 0.00174. The first-order valence-corrected chi connectivity index (χ1v) is 7.91. The Hall–Kier alpha value is -1.65. The van der Waals surface area contributed by atoms with Crippen LogP contribution in [0.2, 0.25) is 0 Å². The molecule has 1 aliphatic heterocycles. The number of aliphatic hydroxyl groups excluding tert-OH is 1. The minimum Gasteiger partial charge on any atom is -0.393 e. The molecule has 4 nitrogen and oxygen atoms in total. The van der Waals surface area contributed by atoms with Gasteiger partial charge in [0.1, 0.15) is 0 Å². The molecule has 1 aromatic rings. The number of hydrogen-bond donors (Lipinski definition) is 1. The largest absolute Gasteiger partial charge is 0.393 e. The van der Waals surface area contributed by atoms with Gasteiger partial charge >= 0.3 is 0 Å². The first-order chi connectivity index (χ1) is 10.6. The van der Waals surface area contributed by atoms with Crippen molar-refractivity contribution in [1.82, 2.24) is 4.90 Å². The van der Waals surface area contributed by atoms with Gasteiger partial charge in [0, 0.05) is 19.7 Å². The van der Waals surface area contributed by atoms with Crippen molar-refractivity contribution in [3.63, 3.8) is 0 Å². The molecule has 22 heavy (non-hydrogen) atoms. The lowest BCUT2D eigenvalue weighted by molar-refractivity contribution is -0.134. The number of fused-ring (bicyclic) bond motifs is 1. The zero-order chi connectivity index (χ0) is 15.6. The highest BCUT2D eigenvalue weighted by atomic mass is 16.5. The van der Waals surface area contributed by atoms with Crippen LogP contribution in [0, 0.1) is 0 Å². The van der Waals surface area contributed by atoms with Crippen molar-refractivity contribution in [3.8, 4) is 0 Å². The predicted molar refractivity (Wildman–Crippen MR) is 85.2 cm³/mol. The number of rotatable bonds is 3.